The molecule has 1 aromatic heterocycles. The van der Waals surface area contributed by atoms with Crippen LogP contribution in [0, 0.1) is 0 Å². The lowest BCUT2D eigenvalue weighted by Crippen LogP contribution is -2.27. The smallest absolute Gasteiger partial charge is 0.202 e. The third-order valence-corrected chi connectivity index (χ3v) is 5.01. The summed E-state index contributed by atoms with van der Waals surface area (Å²) in [6.45, 7) is 5.10. The molecule has 2 aromatic carbocycles. The molecule has 0 amide bonds. The molecule has 0 atom stereocenters. The van der Waals surface area contributed by atoms with Gasteiger partial charge in [0.15, 0.2) is 0 Å². The molecule has 1 heterocycles. The van der Waals surface area contributed by atoms with Crippen LogP contribution in [0.5, 0.6) is 5.75 Å². The number of rotatable bonds is 6. The minimum atomic E-state index is -0.0539. The van der Waals surface area contributed by atoms with E-state index >= 15 is 0 Å². The third-order valence-electron chi connectivity index (χ3n) is 4.05. The Bertz CT molecular complexity index is 846. The second-order valence-electron chi connectivity index (χ2n) is 6.61. The van der Waals surface area contributed by atoms with E-state index in [4.69, 9.17) is 11.6 Å². The number of aromatic hydroxyl groups is 1. The molecule has 0 aliphatic heterocycles. The van der Waals surface area contributed by atoms with Gasteiger partial charge in [-0.2, -0.15) is 4.37 Å². The Labute approximate surface area is 156 Å². The predicted octanol–water partition coefficient (Wildman–Crippen LogP) is 4.88. The number of hydrogen-bond donors (Lipinski definition) is 2. The first-order valence-electron chi connectivity index (χ1n) is 8.03. The highest BCUT2D eigenvalue weighted by Gasteiger charge is 2.21. The molecular formula is C19H20ClN3OS. The molecule has 0 spiro atoms. The third kappa shape index (κ3) is 4.71. The molecule has 4 nitrogen and oxygen atoms in total. The fraction of sp³-hybridized carbons (Fsp3) is 0.263. The summed E-state index contributed by atoms with van der Waals surface area (Å²) in [4.78, 5) is 4.54. The van der Waals surface area contributed by atoms with Crippen molar-refractivity contribution in [1.29, 1.82) is 0 Å². The number of phenolic OH excluding ortho intramolecular Hbond substituents is 1. The topological polar surface area (TPSA) is 58.0 Å². The molecule has 3 aromatic rings. The Morgan fingerprint density at radius 2 is 1.92 bits per heavy atom. The van der Waals surface area contributed by atoms with Gasteiger partial charge in [-0.25, -0.2) is 4.98 Å². The van der Waals surface area contributed by atoms with Crippen LogP contribution in [-0.4, -0.2) is 21.0 Å². The number of anilines is 1. The van der Waals surface area contributed by atoms with E-state index in [1.54, 1.807) is 12.1 Å². The molecule has 0 aliphatic rings. The summed E-state index contributed by atoms with van der Waals surface area (Å²) < 4.78 is 4.40. The number of nitrogens with zero attached hydrogens (tertiary/aromatic N) is 2. The lowest BCUT2D eigenvalue weighted by Gasteiger charge is -2.25. The van der Waals surface area contributed by atoms with Crippen molar-refractivity contribution in [2.45, 2.75) is 25.7 Å². The molecule has 0 fully saturated rings. The van der Waals surface area contributed by atoms with Crippen LogP contribution in [0.1, 0.15) is 30.8 Å². The number of nitrogens with one attached hydrogen (secondary N) is 1. The van der Waals surface area contributed by atoms with Crippen LogP contribution < -0.4 is 5.32 Å². The summed E-state index contributed by atoms with van der Waals surface area (Å²) in [5.74, 6) is 1.01. The molecule has 130 valence electrons. The molecule has 0 saturated carbocycles. The van der Waals surface area contributed by atoms with Gasteiger partial charge in [0.2, 0.25) is 5.13 Å². The van der Waals surface area contributed by atoms with E-state index in [9.17, 15) is 5.11 Å². The van der Waals surface area contributed by atoms with Gasteiger partial charge in [-0.3, -0.25) is 0 Å². The van der Waals surface area contributed by atoms with Crippen molar-refractivity contribution in [3.8, 4) is 5.75 Å². The number of benzene rings is 2. The lowest BCUT2D eigenvalue weighted by molar-refractivity contribution is 0.474. The van der Waals surface area contributed by atoms with E-state index in [-0.39, 0.29) is 11.2 Å². The largest absolute Gasteiger partial charge is 0.508 e. The van der Waals surface area contributed by atoms with E-state index in [0.717, 1.165) is 28.1 Å². The van der Waals surface area contributed by atoms with E-state index in [0.29, 0.717) is 6.42 Å². The average molecular weight is 374 g/mol. The fourth-order valence-electron chi connectivity index (χ4n) is 2.55. The second-order valence-corrected chi connectivity index (χ2v) is 7.80. The molecule has 2 N–H and O–H groups in total. The molecule has 0 unspecified atom stereocenters. The van der Waals surface area contributed by atoms with Crippen LogP contribution in [0.4, 0.5) is 5.13 Å². The van der Waals surface area contributed by atoms with Gasteiger partial charge in [-0.05, 0) is 35.4 Å². The van der Waals surface area contributed by atoms with Crippen LogP contribution in [-0.2, 0) is 11.8 Å². The van der Waals surface area contributed by atoms with Gasteiger partial charge in [0.25, 0.3) is 0 Å². The molecule has 0 aliphatic carbocycles. The molecule has 3 rings (SSSR count). The zero-order valence-corrected chi connectivity index (χ0v) is 15.7. The summed E-state index contributed by atoms with van der Waals surface area (Å²) >= 11 is 7.32. The van der Waals surface area contributed by atoms with Crippen LogP contribution in [0.15, 0.2) is 48.5 Å². The second kappa shape index (κ2) is 7.42. The first kappa shape index (κ1) is 17.7. The Morgan fingerprint density at radius 3 is 2.64 bits per heavy atom. The molecule has 0 saturated heterocycles. The predicted molar refractivity (Wildman–Crippen MR) is 104 cm³/mol. The quantitative estimate of drug-likeness (QED) is 0.646. The minimum absolute atomic E-state index is 0.0539. The fourth-order valence-corrected chi connectivity index (χ4v) is 3.25. The van der Waals surface area contributed by atoms with Gasteiger partial charge < -0.3 is 10.4 Å². The summed E-state index contributed by atoms with van der Waals surface area (Å²) in [5.41, 5.74) is 2.15. The van der Waals surface area contributed by atoms with Crippen molar-refractivity contribution in [2.75, 3.05) is 11.9 Å². The maximum Gasteiger partial charge on any atom is 0.202 e. The Morgan fingerprint density at radius 1 is 1.16 bits per heavy atom. The monoisotopic (exact) mass is 373 g/mol. The first-order valence-corrected chi connectivity index (χ1v) is 9.18. The summed E-state index contributed by atoms with van der Waals surface area (Å²) in [7, 11) is 0. The van der Waals surface area contributed by atoms with Gasteiger partial charge in [0, 0.05) is 34.9 Å². The highest BCUT2D eigenvalue weighted by Crippen LogP contribution is 2.26. The molecule has 6 heteroatoms. The standard InChI is InChI=1S/C19H20ClN3OS/c1-19(2,14-6-8-15(20)9-7-14)12-21-18-22-17(23-25-18)11-13-4-3-5-16(24)10-13/h3-10,24H,11-12H2,1-2H3,(H,21,22,23). The molecule has 25 heavy (non-hydrogen) atoms. The highest BCUT2D eigenvalue weighted by molar-refractivity contribution is 7.09. The van der Waals surface area contributed by atoms with E-state index in [2.05, 4.69) is 40.7 Å². The maximum absolute atomic E-state index is 9.54. The average Bonchev–Trinajstić information content (AvgIpc) is 3.01. The number of aromatic nitrogens is 2. The van der Waals surface area contributed by atoms with Crippen molar-refractivity contribution in [3.05, 3.63) is 70.5 Å². The Balaban J connectivity index is 1.62. The van der Waals surface area contributed by atoms with Crippen LogP contribution in [0.2, 0.25) is 5.02 Å². The van der Waals surface area contributed by atoms with Gasteiger partial charge in [0.1, 0.15) is 11.6 Å². The minimum Gasteiger partial charge on any atom is -0.508 e. The number of phenols is 1. The summed E-state index contributed by atoms with van der Waals surface area (Å²) in [5, 5.41) is 14.5. The van der Waals surface area contributed by atoms with Crippen molar-refractivity contribution < 1.29 is 5.11 Å². The zero-order valence-electron chi connectivity index (χ0n) is 14.2. The number of halogens is 1. The van der Waals surface area contributed by atoms with Crippen molar-refractivity contribution in [3.63, 3.8) is 0 Å². The van der Waals surface area contributed by atoms with Crippen LogP contribution in [0.25, 0.3) is 0 Å². The Kier molecular flexibility index (Phi) is 5.25. The van der Waals surface area contributed by atoms with Gasteiger partial charge in [-0.15, -0.1) is 0 Å². The first-order chi connectivity index (χ1) is 11.9. The van der Waals surface area contributed by atoms with Crippen LogP contribution in [0.3, 0.4) is 0 Å². The van der Waals surface area contributed by atoms with E-state index in [1.807, 2.05) is 24.3 Å². The summed E-state index contributed by atoms with van der Waals surface area (Å²) in [6, 6.07) is 15.1. The van der Waals surface area contributed by atoms with Crippen LogP contribution >= 0.6 is 23.1 Å². The van der Waals surface area contributed by atoms with Gasteiger partial charge in [-0.1, -0.05) is 49.7 Å². The van der Waals surface area contributed by atoms with Crippen molar-refractivity contribution in [1.82, 2.24) is 9.36 Å². The lowest BCUT2D eigenvalue weighted by atomic mass is 9.85. The Hall–Kier alpha value is -2.11. The normalized spacial score (nSPS) is 11.5. The van der Waals surface area contributed by atoms with Crippen molar-refractivity contribution >= 4 is 28.3 Å². The molecule has 0 radical (unpaired) electrons. The van der Waals surface area contributed by atoms with E-state index in [1.165, 1.54) is 17.1 Å². The molecule has 0 bridgehead atoms. The molecular weight excluding hydrogens is 354 g/mol. The maximum atomic E-state index is 9.54. The summed E-state index contributed by atoms with van der Waals surface area (Å²) in [6.07, 6.45) is 0.604. The highest BCUT2D eigenvalue weighted by atomic mass is 35.5. The van der Waals surface area contributed by atoms with Gasteiger partial charge in [0.05, 0.1) is 0 Å². The SMILES string of the molecule is CC(C)(CNc1nc(Cc2cccc(O)c2)ns1)c1ccc(Cl)cc1. The zero-order chi connectivity index (χ0) is 17.9. The number of hydrogen-bond acceptors (Lipinski definition) is 5. The van der Waals surface area contributed by atoms with Crippen molar-refractivity contribution in [2.24, 2.45) is 0 Å². The van der Waals surface area contributed by atoms with E-state index < -0.39 is 0 Å². The van der Waals surface area contributed by atoms with Gasteiger partial charge >= 0.3 is 0 Å².